The molecule has 2 N–H and O–H groups in total. The van der Waals surface area contributed by atoms with E-state index in [2.05, 4.69) is 0 Å². The quantitative estimate of drug-likeness (QED) is 0.668. The highest BCUT2D eigenvalue weighted by atomic mass is 16.5. The Balaban J connectivity index is 2.03. The second kappa shape index (κ2) is 7.40. The molecule has 0 spiro atoms. The molecule has 3 nitrogen and oxygen atoms in total. The Kier molecular flexibility index (Phi) is 6.00. The zero-order valence-corrected chi connectivity index (χ0v) is 8.80. The predicted octanol–water partition coefficient (Wildman–Crippen LogP) is 1.34. The van der Waals surface area contributed by atoms with E-state index in [1.165, 1.54) is 0 Å². The molecule has 0 amide bonds. The average Bonchev–Trinajstić information content (AvgIpc) is 2.29. The molecule has 0 unspecified atom stereocenters. The van der Waals surface area contributed by atoms with Crippen molar-refractivity contribution in [3.05, 3.63) is 35.9 Å². The lowest BCUT2D eigenvalue weighted by Crippen LogP contribution is -2.12. The Hall–Kier alpha value is -0.900. The summed E-state index contributed by atoms with van der Waals surface area (Å²) >= 11 is 0. The third-order valence-corrected chi connectivity index (χ3v) is 2.15. The molecule has 3 heteroatoms. The standard InChI is InChI=1S/C12H18O3/c13-9-12(14)7-4-8-15-10-11-5-2-1-3-6-11/h1-3,5-6,12-14H,4,7-10H2/t12-/m1/s1. The van der Waals surface area contributed by atoms with E-state index < -0.39 is 6.10 Å². The van der Waals surface area contributed by atoms with Crippen LogP contribution in [0.2, 0.25) is 0 Å². The van der Waals surface area contributed by atoms with Crippen LogP contribution in [0.4, 0.5) is 0 Å². The minimum Gasteiger partial charge on any atom is -0.394 e. The summed E-state index contributed by atoms with van der Waals surface area (Å²) in [6.45, 7) is 1.06. The third-order valence-electron chi connectivity index (χ3n) is 2.15. The second-order valence-electron chi connectivity index (χ2n) is 3.52. The molecule has 0 fully saturated rings. The summed E-state index contributed by atoms with van der Waals surface area (Å²) in [6, 6.07) is 9.97. The van der Waals surface area contributed by atoms with Gasteiger partial charge in [0.15, 0.2) is 0 Å². The topological polar surface area (TPSA) is 49.7 Å². The molecular formula is C12H18O3. The molecule has 84 valence electrons. The van der Waals surface area contributed by atoms with Gasteiger partial charge >= 0.3 is 0 Å². The molecule has 1 atom stereocenters. The van der Waals surface area contributed by atoms with E-state index in [9.17, 15) is 0 Å². The van der Waals surface area contributed by atoms with E-state index in [1.807, 2.05) is 30.3 Å². The van der Waals surface area contributed by atoms with Crippen molar-refractivity contribution in [3.8, 4) is 0 Å². The first kappa shape index (κ1) is 12.2. The SMILES string of the molecule is OC[C@H](O)CCCOCc1ccccc1. The van der Waals surface area contributed by atoms with Crippen LogP contribution in [-0.4, -0.2) is 29.5 Å². The maximum atomic E-state index is 9.07. The Morgan fingerprint density at radius 1 is 1.20 bits per heavy atom. The van der Waals surface area contributed by atoms with E-state index in [0.717, 1.165) is 12.0 Å². The monoisotopic (exact) mass is 210 g/mol. The Bertz CT molecular complexity index is 248. The maximum Gasteiger partial charge on any atom is 0.0771 e. The summed E-state index contributed by atoms with van der Waals surface area (Å²) in [5.41, 5.74) is 1.15. The maximum absolute atomic E-state index is 9.07. The van der Waals surface area contributed by atoms with Crippen molar-refractivity contribution < 1.29 is 14.9 Å². The largest absolute Gasteiger partial charge is 0.394 e. The zero-order chi connectivity index (χ0) is 10.9. The lowest BCUT2D eigenvalue weighted by molar-refractivity contribution is 0.0668. The first-order valence-electron chi connectivity index (χ1n) is 5.23. The van der Waals surface area contributed by atoms with E-state index >= 15 is 0 Å². The first-order valence-corrected chi connectivity index (χ1v) is 5.23. The van der Waals surface area contributed by atoms with Crippen LogP contribution in [0.5, 0.6) is 0 Å². The molecule has 0 heterocycles. The van der Waals surface area contributed by atoms with Gasteiger partial charge in [-0.1, -0.05) is 30.3 Å². The van der Waals surface area contributed by atoms with Gasteiger partial charge in [-0.15, -0.1) is 0 Å². The van der Waals surface area contributed by atoms with Crippen molar-refractivity contribution in [3.63, 3.8) is 0 Å². The number of benzene rings is 1. The molecule has 0 aliphatic rings. The molecule has 0 aliphatic heterocycles. The fourth-order valence-electron chi connectivity index (χ4n) is 1.28. The van der Waals surface area contributed by atoms with Gasteiger partial charge in [-0.25, -0.2) is 0 Å². The third kappa shape index (κ3) is 5.52. The van der Waals surface area contributed by atoms with Gasteiger partial charge < -0.3 is 14.9 Å². The van der Waals surface area contributed by atoms with Crippen LogP contribution in [0.1, 0.15) is 18.4 Å². The van der Waals surface area contributed by atoms with Gasteiger partial charge in [-0.2, -0.15) is 0 Å². The van der Waals surface area contributed by atoms with Crippen molar-refractivity contribution >= 4 is 0 Å². The first-order chi connectivity index (χ1) is 7.33. The van der Waals surface area contributed by atoms with Crippen molar-refractivity contribution in [2.45, 2.75) is 25.6 Å². The fourth-order valence-corrected chi connectivity index (χ4v) is 1.28. The molecule has 0 bridgehead atoms. The number of aliphatic hydroxyl groups is 2. The van der Waals surface area contributed by atoms with E-state index in [0.29, 0.717) is 19.6 Å². The zero-order valence-electron chi connectivity index (χ0n) is 8.80. The van der Waals surface area contributed by atoms with Gasteiger partial charge in [0.05, 0.1) is 19.3 Å². The number of hydrogen-bond donors (Lipinski definition) is 2. The van der Waals surface area contributed by atoms with Crippen LogP contribution in [0, 0.1) is 0 Å². The van der Waals surface area contributed by atoms with Gasteiger partial charge in [0, 0.05) is 6.61 Å². The molecule has 0 radical (unpaired) electrons. The van der Waals surface area contributed by atoms with Crippen LogP contribution in [0.25, 0.3) is 0 Å². The summed E-state index contributed by atoms with van der Waals surface area (Å²) in [6.07, 6.45) is 0.755. The van der Waals surface area contributed by atoms with Crippen molar-refractivity contribution in [2.24, 2.45) is 0 Å². The minimum absolute atomic E-state index is 0.168. The van der Waals surface area contributed by atoms with Gasteiger partial charge in [0.25, 0.3) is 0 Å². The smallest absolute Gasteiger partial charge is 0.0771 e. The lowest BCUT2D eigenvalue weighted by Gasteiger charge is -2.07. The average molecular weight is 210 g/mol. The van der Waals surface area contributed by atoms with Crippen molar-refractivity contribution in [1.82, 2.24) is 0 Å². The number of ether oxygens (including phenoxy) is 1. The van der Waals surface area contributed by atoms with Gasteiger partial charge in [-0.05, 0) is 18.4 Å². The number of rotatable bonds is 7. The molecule has 1 aromatic carbocycles. The van der Waals surface area contributed by atoms with Gasteiger partial charge in [0.1, 0.15) is 0 Å². The summed E-state index contributed by atoms with van der Waals surface area (Å²) in [4.78, 5) is 0. The highest BCUT2D eigenvalue weighted by Gasteiger charge is 2.00. The summed E-state index contributed by atoms with van der Waals surface area (Å²) in [7, 11) is 0. The van der Waals surface area contributed by atoms with E-state index in [1.54, 1.807) is 0 Å². The summed E-state index contributed by atoms with van der Waals surface area (Å²) in [5.74, 6) is 0. The number of aliphatic hydroxyl groups excluding tert-OH is 2. The van der Waals surface area contributed by atoms with Gasteiger partial charge in [-0.3, -0.25) is 0 Å². The molecule has 1 aromatic rings. The van der Waals surface area contributed by atoms with Crippen molar-refractivity contribution in [1.29, 1.82) is 0 Å². The Labute approximate surface area is 90.3 Å². The molecule has 0 aromatic heterocycles. The van der Waals surface area contributed by atoms with E-state index in [-0.39, 0.29) is 6.61 Å². The Morgan fingerprint density at radius 2 is 1.93 bits per heavy atom. The van der Waals surface area contributed by atoms with Crippen LogP contribution < -0.4 is 0 Å². The lowest BCUT2D eigenvalue weighted by atomic mass is 10.2. The molecule has 0 saturated heterocycles. The molecule has 0 saturated carbocycles. The fraction of sp³-hybridized carbons (Fsp3) is 0.500. The summed E-state index contributed by atoms with van der Waals surface area (Å²) in [5, 5.41) is 17.6. The van der Waals surface area contributed by atoms with E-state index in [4.69, 9.17) is 14.9 Å². The molecular weight excluding hydrogens is 192 g/mol. The minimum atomic E-state index is -0.606. The predicted molar refractivity (Wildman–Crippen MR) is 58.4 cm³/mol. The molecule has 1 rings (SSSR count). The Morgan fingerprint density at radius 3 is 2.60 bits per heavy atom. The molecule has 0 aliphatic carbocycles. The van der Waals surface area contributed by atoms with Crippen LogP contribution in [0.15, 0.2) is 30.3 Å². The highest BCUT2D eigenvalue weighted by Crippen LogP contribution is 2.02. The van der Waals surface area contributed by atoms with Crippen LogP contribution in [0.3, 0.4) is 0 Å². The number of hydrogen-bond acceptors (Lipinski definition) is 3. The molecule has 15 heavy (non-hydrogen) atoms. The highest BCUT2D eigenvalue weighted by molar-refractivity contribution is 5.13. The second-order valence-corrected chi connectivity index (χ2v) is 3.52. The van der Waals surface area contributed by atoms with Crippen LogP contribution >= 0.6 is 0 Å². The van der Waals surface area contributed by atoms with Crippen LogP contribution in [-0.2, 0) is 11.3 Å². The van der Waals surface area contributed by atoms with Crippen molar-refractivity contribution in [2.75, 3.05) is 13.2 Å². The summed E-state index contributed by atoms with van der Waals surface area (Å²) < 4.78 is 5.42. The van der Waals surface area contributed by atoms with Gasteiger partial charge in [0.2, 0.25) is 0 Å². The normalized spacial score (nSPS) is 12.7.